The van der Waals surface area contributed by atoms with E-state index in [1.54, 1.807) is 0 Å². The van der Waals surface area contributed by atoms with Crippen molar-refractivity contribution in [3.63, 3.8) is 0 Å². The van der Waals surface area contributed by atoms with Gasteiger partial charge in [0.2, 0.25) is 0 Å². The van der Waals surface area contributed by atoms with Crippen LogP contribution < -0.4 is 0 Å². The van der Waals surface area contributed by atoms with Gasteiger partial charge < -0.3 is 19.0 Å². The number of amides is 1. The number of benzene rings is 2. The van der Waals surface area contributed by atoms with Gasteiger partial charge in [0.25, 0.3) is 0 Å². The number of rotatable bonds is 15. The van der Waals surface area contributed by atoms with Gasteiger partial charge in [-0.2, -0.15) is 0 Å². The molecule has 1 aliphatic rings. The molecule has 1 saturated heterocycles. The van der Waals surface area contributed by atoms with Gasteiger partial charge in [0.05, 0.1) is 18.8 Å². The van der Waals surface area contributed by atoms with Crippen molar-refractivity contribution in [3.8, 4) is 0 Å². The molecule has 2 aromatic rings. The van der Waals surface area contributed by atoms with E-state index in [1.807, 2.05) is 74.5 Å². The van der Waals surface area contributed by atoms with E-state index in [1.165, 1.54) is 4.90 Å². The fourth-order valence-corrected chi connectivity index (χ4v) is 8.50. The van der Waals surface area contributed by atoms with Crippen molar-refractivity contribution in [2.45, 2.75) is 116 Å². The molecule has 0 aliphatic carbocycles. The van der Waals surface area contributed by atoms with Crippen LogP contribution in [0, 0.1) is 5.92 Å². The number of hydrogen-bond acceptors (Lipinski definition) is 5. The zero-order valence-electron chi connectivity index (χ0n) is 24.9. The molecule has 6 nitrogen and oxygen atoms in total. The molecule has 1 fully saturated rings. The van der Waals surface area contributed by atoms with Gasteiger partial charge in [-0.1, -0.05) is 95.3 Å². The number of nitrogens with zero attached hydrogens (tertiary/aromatic N) is 1. The zero-order valence-corrected chi connectivity index (χ0v) is 25.9. The first kappa shape index (κ1) is 31.3. The summed E-state index contributed by atoms with van der Waals surface area (Å²) in [6.07, 6.45) is -1.54. The average Bonchev–Trinajstić information content (AvgIpc) is 3.14. The summed E-state index contributed by atoms with van der Waals surface area (Å²) in [7, 11) is -2.05. The van der Waals surface area contributed by atoms with Crippen LogP contribution in [0.5, 0.6) is 0 Å². The summed E-state index contributed by atoms with van der Waals surface area (Å²) < 4.78 is 19.4. The summed E-state index contributed by atoms with van der Waals surface area (Å²) in [5.74, 6) is 0.323. The molecule has 0 aromatic heterocycles. The summed E-state index contributed by atoms with van der Waals surface area (Å²) in [6, 6.07) is 22.6. The summed E-state index contributed by atoms with van der Waals surface area (Å²) in [4.78, 5) is 14.9. The Bertz CT molecular complexity index is 1000. The molecule has 0 saturated carbocycles. The fourth-order valence-electron chi connectivity index (χ4n) is 5.63. The number of aliphatic hydroxyl groups excluding tert-OH is 1. The van der Waals surface area contributed by atoms with Gasteiger partial charge in [0.15, 0.2) is 14.5 Å². The summed E-state index contributed by atoms with van der Waals surface area (Å²) in [5, 5.41) is 12.1. The van der Waals surface area contributed by atoms with Gasteiger partial charge >= 0.3 is 6.09 Å². The minimum atomic E-state index is -2.05. The molecular weight excluding hydrogens is 506 g/mol. The van der Waals surface area contributed by atoms with Crippen LogP contribution in [0.4, 0.5) is 4.79 Å². The smallest absolute Gasteiger partial charge is 0.412 e. The second kappa shape index (κ2) is 13.9. The van der Waals surface area contributed by atoms with E-state index in [9.17, 15) is 9.90 Å². The maximum Gasteiger partial charge on any atom is 0.412 e. The van der Waals surface area contributed by atoms with Crippen LogP contribution in [0.25, 0.3) is 0 Å². The molecule has 1 N–H and O–H groups in total. The predicted octanol–water partition coefficient (Wildman–Crippen LogP) is 7.17. The lowest BCUT2D eigenvalue weighted by atomic mass is 9.91. The number of cyclic esters (lactones) is 1. The Balaban J connectivity index is 2.00. The SMILES string of the molecule is CC[Si](CC)(CC)O[C@H](CC(C)C)[C@H](OCc1ccccc1)[C@H](O)N1C(=O)OC(C)(C)[C@@H]1Cc1ccccc1. The van der Waals surface area contributed by atoms with Crippen molar-refractivity contribution < 1.29 is 23.8 Å². The van der Waals surface area contributed by atoms with E-state index in [2.05, 4.69) is 34.6 Å². The molecule has 0 spiro atoms. The predicted molar refractivity (Wildman–Crippen MR) is 159 cm³/mol. The quantitative estimate of drug-likeness (QED) is 0.236. The molecule has 39 heavy (non-hydrogen) atoms. The minimum absolute atomic E-state index is 0.315. The monoisotopic (exact) mass is 555 g/mol. The van der Waals surface area contributed by atoms with Gasteiger partial charge in [-0.05, 0) is 61.9 Å². The van der Waals surface area contributed by atoms with E-state index in [0.29, 0.717) is 18.9 Å². The standard InChI is InChI=1S/C32H49NO5Si/c1-8-39(9-2,10-3)38-27(21-24(4)5)29(36-23-26-19-15-12-16-20-26)30(34)33-28(32(6,7)37-31(33)35)22-25-17-13-11-14-18-25/h11-20,24,27-30,34H,8-10,21-23H2,1-7H3/t27-,28+,29+,30+/m1/s1. The van der Waals surface area contributed by atoms with Crippen LogP contribution in [0.3, 0.4) is 0 Å². The van der Waals surface area contributed by atoms with Crippen molar-refractivity contribution >= 4 is 14.4 Å². The summed E-state index contributed by atoms with van der Waals surface area (Å²) >= 11 is 0. The van der Waals surface area contributed by atoms with Crippen LogP contribution in [0.2, 0.25) is 18.1 Å². The third-order valence-corrected chi connectivity index (χ3v) is 12.9. The number of carbonyl (C=O) groups is 1. The third-order valence-electron chi connectivity index (χ3n) is 8.24. The summed E-state index contributed by atoms with van der Waals surface area (Å²) in [5.41, 5.74) is 1.31. The molecule has 4 atom stereocenters. The van der Waals surface area contributed by atoms with Crippen molar-refractivity contribution in [2.75, 3.05) is 0 Å². The number of hydrogen-bond donors (Lipinski definition) is 1. The lowest BCUT2D eigenvalue weighted by Gasteiger charge is -2.42. The molecule has 0 radical (unpaired) electrons. The highest BCUT2D eigenvalue weighted by Gasteiger charge is 2.53. The van der Waals surface area contributed by atoms with Crippen LogP contribution in [0.1, 0.15) is 66.0 Å². The van der Waals surface area contributed by atoms with Crippen molar-refractivity contribution in [2.24, 2.45) is 5.92 Å². The van der Waals surface area contributed by atoms with Crippen LogP contribution in [0.15, 0.2) is 60.7 Å². The fraction of sp³-hybridized carbons (Fsp3) is 0.594. The van der Waals surface area contributed by atoms with E-state index in [4.69, 9.17) is 13.9 Å². The molecule has 0 bridgehead atoms. The third kappa shape index (κ3) is 7.94. The second-order valence-electron chi connectivity index (χ2n) is 11.8. The summed E-state index contributed by atoms with van der Waals surface area (Å²) in [6.45, 7) is 15.1. The van der Waals surface area contributed by atoms with Crippen molar-refractivity contribution in [1.29, 1.82) is 0 Å². The second-order valence-corrected chi connectivity index (χ2v) is 16.5. The van der Waals surface area contributed by atoms with E-state index in [-0.39, 0.29) is 12.1 Å². The zero-order chi connectivity index (χ0) is 28.6. The Morgan fingerprint density at radius 2 is 1.49 bits per heavy atom. The molecule has 1 heterocycles. The molecular formula is C32H49NO5Si. The van der Waals surface area contributed by atoms with E-state index < -0.39 is 32.3 Å². The van der Waals surface area contributed by atoms with Gasteiger partial charge in [-0.25, -0.2) is 4.79 Å². The Morgan fingerprint density at radius 1 is 0.949 bits per heavy atom. The number of aliphatic hydroxyl groups is 1. The molecule has 0 unspecified atom stereocenters. The topological polar surface area (TPSA) is 68.2 Å². The van der Waals surface area contributed by atoms with E-state index in [0.717, 1.165) is 35.7 Å². The van der Waals surface area contributed by atoms with Crippen LogP contribution in [-0.2, 0) is 26.9 Å². The van der Waals surface area contributed by atoms with Crippen molar-refractivity contribution in [1.82, 2.24) is 4.90 Å². The first-order chi connectivity index (χ1) is 18.6. The first-order valence-corrected chi connectivity index (χ1v) is 17.1. The highest BCUT2D eigenvalue weighted by molar-refractivity contribution is 6.73. The molecule has 1 aliphatic heterocycles. The Hall–Kier alpha value is -2.19. The van der Waals surface area contributed by atoms with Gasteiger partial charge in [-0.3, -0.25) is 4.90 Å². The molecule has 2 aromatic carbocycles. The minimum Gasteiger partial charge on any atom is -0.441 e. The molecule has 7 heteroatoms. The Kier molecular flexibility index (Phi) is 11.2. The van der Waals surface area contributed by atoms with Crippen molar-refractivity contribution in [3.05, 3.63) is 71.8 Å². The molecule has 1 amide bonds. The highest BCUT2D eigenvalue weighted by atomic mass is 28.4. The Morgan fingerprint density at radius 3 is 2.00 bits per heavy atom. The number of carbonyl (C=O) groups excluding carboxylic acids is 1. The molecule has 3 rings (SSSR count). The first-order valence-electron chi connectivity index (χ1n) is 14.6. The molecule has 216 valence electrons. The number of ether oxygens (including phenoxy) is 2. The van der Waals surface area contributed by atoms with E-state index >= 15 is 0 Å². The lowest BCUT2D eigenvalue weighted by Crippen LogP contribution is -2.58. The Labute approximate surface area is 236 Å². The highest BCUT2D eigenvalue weighted by Crippen LogP contribution is 2.36. The largest absolute Gasteiger partial charge is 0.441 e. The lowest BCUT2D eigenvalue weighted by molar-refractivity contribution is -0.150. The van der Waals surface area contributed by atoms with Crippen LogP contribution in [-0.4, -0.2) is 54.5 Å². The maximum absolute atomic E-state index is 13.4. The van der Waals surface area contributed by atoms with Gasteiger partial charge in [-0.15, -0.1) is 0 Å². The van der Waals surface area contributed by atoms with Gasteiger partial charge in [0, 0.05) is 0 Å². The normalized spacial score (nSPS) is 19.7. The van der Waals surface area contributed by atoms with Crippen LogP contribution >= 0.6 is 0 Å². The van der Waals surface area contributed by atoms with Gasteiger partial charge in [0.1, 0.15) is 11.7 Å². The average molecular weight is 556 g/mol. The maximum atomic E-state index is 13.4.